The minimum absolute atomic E-state index is 0.676. The maximum absolute atomic E-state index is 6.75. The summed E-state index contributed by atoms with van der Waals surface area (Å²) in [6.45, 7) is 0. The van der Waals surface area contributed by atoms with E-state index in [2.05, 4.69) is 278 Å². The number of rotatable bonds is 9. The van der Waals surface area contributed by atoms with Crippen LogP contribution in [-0.4, -0.2) is 0 Å². The molecule has 0 saturated heterocycles. The van der Waals surface area contributed by atoms with E-state index in [0.29, 0.717) is 0 Å². The molecule has 15 rings (SSSR count). The van der Waals surface area contributed by atoms with Gasteiger partial charge in [-0.2, -0.15) is 0 Å². The highest BCUT2D eigenvalue weighted by atomic mass is 16.3. The van der Waals surface area contributed by atoms with Gasteiger partial charge in [-0.1, -0.05) is 212 Å². The Hall–Kier alpha value is -9.96. The Balaban J connectivity index is 0.951. The number of fused-ring (bicyclic) bond motifs is 9. The highest BCUT2D eigenvalue weighted by Gasteiger charge is 2.46. The lowest BCUT2D eigenvalue weighted by Crippen LogP contribution is -2.29. The van der Waals surface area contributed by atoms with E-state index < -0.39 is 5.41 Å². The normalized spacial score (nSPS) is 13.8. The average Bonchev–Trinajstić information content (AvgIpc) is 4.19. The predicted molar refractivity (Wildman–Crippen MR) is 315 cm³/mol. The fraction of sp³-hybridized carbons (Fsp3) is 0.0137. The Kier molecular flexibility index (Phi) is 10.1. The molecule has 1 atom stereocenters. The van der Waals surface area contributed by atoms with Gasteiger partial charge >= 0.3 is 0 Å². The van der Waals surface area contributed by atoms with Crippen LogP contribution in [0.5, 0.6) is 0 Å². The number of para-hydroxylation sites is 1. The van der Waals surface area contributed by atoms with Crippen molar-refractivity contribution in [2.45, 2.75) is 5.41 Å². The Labute approximate surface area is 440 Å². The number of anilines is 3. The first-order valence-corrected chi connectivity index (χ1v) is 26.1. The second kappa shape index (κ2) is 17.6. The van der Waals surface area contributed by atoms with Crippen LogP contribution in [0.1, 0.15) is 22.3 Å². The number of hydrogen-bond acceptors (Lipinski definition) is 3. The van der Waals surface area contributed by atoms with Crippen molar-refractivity contribution in [1.82, 2.24) is 0 Å². The molecular weight excluding hydrogens is 923 g/mol. The number of nitrogens with zero attached hydrogens (tertiary/aromatic N) is 1. The van der Waals surface area contributed by atoms with E-state index in [4.69, 9.17) is 8.83 Å². The van der Waals surface area contributed by atoms with Crippen LogP contribution in [0.2, 0.25) is 0 Å². The molecule has 76 heavy (non-hydrogen) atoms. The highest BCUT2D eigenvalue weighted by molar-refractivity contribution is 6.14. The molecule has 0 amide bonds. The lowest BCUT2D eigenvalue weighted by molar-refractivity contribution is 0.668. The number of hydrogen-bond donors (Lipinski definition) is 0. The standard InChI is InChI=1S/C73H47NO2/c1-4-18-48(19-5-1)51-38-43-69-64(44-51)72-67(31-17-33-70(72)75-69)74(56-39-34-49(35-40-56)52-36-42-63-62-29-13-15-32-68(62)76-71(63)46-52)57-25-16-24-55(47-57)73(54-22-8-3-9-23-54)65-30-14-12-28-60(65)61-41-37-53(45-66(61)73)59-27-11-10-26-58(59)50-20-6-2-7-21-50/h1-47H. The van der Waals surface area contributed by atoms with Gasteiger partial charge in [-0.15, -0.1) is 0 Å². The second-order valence-corrected chi connectivity index (χ2v) is 19.9. The Morgan fingerprint density at radius 3 is 1.63 bits per heavy atom. The van der Waals surface area contributed by atoms with Crippen LogP contribution in [0.4, 0.5) is 17.1 Å². The molecule has 0 spiro atoms. The molecule has 3 heteroatoms. The minimum Gasteiger partial charge on any atom is -0.456 e. The average molecular weight is 970 g/mol. The molecule has 0 radical (unpaired) electrons. The third kappa shape index (κ3) is 6.90. The van der Waals surface area contributed by atoms with E-state index in [0.717, 1.165) is 83.2 Å². The zero-order valence-electron chi connectivity index (χ0n) is 41.4. The van der Waals surface area contributed by atoms with E-state index in [1.54, 1.807) is 0 Å². The van der Waals surface area contributed by atoms with Crippen LogP contribution in [0.15, 0.2) is 294 Å². The summed E-state index contributed by atoms with van der Waals surface area (Å²) in [5.41, 5.74) is 22.5. The molecule has 0 fully saturated rings. The monoisotopic (exact) mass is 969 g/mol. The summed E-state index contributed by atoms with van der Waals surface area (Å²) in [4.78, 5) is 2.43. The molecule has 14 aromatic rings. The van der Waals surface area contributed by atoms with Crippen LogP contribution in [0.25, 0.3) is 99.5 Å². The van der Waals surface area contributed by atoms with Crippen molar-refractivity contribution in [3.8, 4) is 55.6 Å². The van der Waals surface area contributed by atoms with Crippen LogP contribution in [0, 0.1) is 0 Å². The van der Waals surface area contributed by atoms with Crippen LogP contribution in [-0.2, 0) is 5.41 Å². The van der Waals surface area contributed by atoms with Gasteiger partial charge in [0.1, 0.15) is 22.3 Å². The number of benzene rings is 12. The third-order valence-corrected chi connectivity index (χ3v) is 15.8. The molecule has 0 saturated carbocycles. The Bertz CT molecular complexity index is 4510. The van der Waals surface area contributed by atoms with Crippen molar-refractivity contribution in [2.24, 2.45) is 0 Å². The molecule has 0 aliphatic heterocycles. The summed E-state index contributed by atoms with van der Waals surface area (Å²) in [5.74, 6) is 0. The van der Waals surface area contributed by atoms with Crippen molar-refractivity contribution >= 4 is 60.9 Å². The Morgan fingerprint density at radius 1 is 0.263 bits per heavy atom. The zero-order chi connectivity index (χ0) is 50.2. The topological polar surface area (TPSA) is 29.5 Å². The minimum atomic E-state index is -0.676. The van der Waals surface area contributed by atoms with Crippen molar-refractivity contribution in [2.75, 3.05) is 4.90 Å². The predicted octanol–water partition coefficient (Wildman–Crippen LogP) is 20.0. The third-order valence-electron chi connectivity index (χ3n) is 15.8. The summed E-state index contributed by atoms with van der Waals surface area (Å²) in [6, 6.07) is 104. The summed E-state index contributed by atoms with van der Waals surface area (Å²) in [6.07, 6.45) is 0. The van der Waals surface area contributed by atoms with E-state index in [-0.39, 0.29) is 0 Å². The quantitative estimate of drug-likeness (QED) is 0.144. The SMILES string of the molecule is c1ccc(-c2ccc3oc4cccc(N(c5ccc(-c6ccc7c(c6)oc6ccccc67)cc5)c5cccc(C6(c7ccccc7)c7ccccc7-c7ccc(-c8ccccc8-c8ccccc8)cc76)c5)c4c3c2)cc1. The maximum Gasteiger partial charge on any atom is 0.137 e. The van der Waals surface area contributed by atoms with Gasteiger partial charge in [0, 0.05) is 27.5 Å². The molecule has 1 aliphatic rings. The van der Waals surface area contributed by atoms with E-state index >= 15 is 0 Å². The molecule has 12 aromatic carbocycles. The van der Waals surface area contributed by atoms with Crippen molar-refractivity contribution in [1.29, 1.82) is 0 Å². The van der Waals surface area contributed by atoms with Gasteiger partial charge in [-0.3, -0.25) is 0 Å². The fourth-order valence-electron chi connectivity index (χ4n) is 12.3. The first-order chi connectivity index (χ1) is 37.7. The summed E-state index contributed by atoms with van der Waals surface area (Å²) >= 11 is 0. The molecule has 1 unspecified atom stereocenters. The Morgan fingerprint density at radius 2 is 0.816 bits per heavy atom. The van der Waals surface area contributed by atoms with Crippen molar-refractivity contribution in [3.05, 3.63) is 307 Å². The lowest BCUT2D eigenvalue weighted by atomic mass is 9.67. The molecule has 1 aliphatic carbocycles. The van der Waals surface area contributed by atoms with Crippen LogP contribution >= 0.6 is 0 Å². The van der Waals surface area contributed by atoms with Gasteiger partial charge in [0.25, 0.3) is 0 Å². The van der Waals surface area contributed by atoms with Crippen molar-refractivity contribution < 1.29 is 8.83 Å². The second-order valence-electron chi connectivity index (χ2n) is 19.9. The highest BCUT2D eigenvalue weighted by Crippen LogP contribution is 2.58. The summed E-state index contributed by atoms with van der Waals surface area (Å²) in [7, 11) is 0. The van der Waals surface area contributed by atoms with Crippen molar-refractivity contribution in [3.63, 3.8) is 0 Å². The zero-order valence-corrected chi connectivity index (χ0v) is 41.4. The molecule has 3 nitrogen and oxygen atoms in total. The molecule has 2 heterocycles. The van der Waals surface area contributed by atoms with Gasteiger partial charge in [-0.05, 0) is 151 Å². The molecule has 2 aromatic heterocycles. The first kappa shape index (κ1) is 43.6. The van der Waals surface area contributed by atoms with Gasteiger partial charge < -0.3 is 13.7 Å². The maximum atomic E-state index is 6.75. The van der Waals surface area contributed by atoms with Gasteiger partial charge in [0.15, 0.2) is 0 Å². The smallest absolute Gasteiger partial charge is 0.137 e. The fourth-order valence-corrected chi connectivity index (χ4v) is 12.3. The molecule has 0 bridgehead atoms. The van der Waals surface area contributed by atoms with Crippen LogP contribution in [0.3, 0.4) is 0 Å². The molecular formula is C73H47NO2. The summed E-state index contributed by atoms with van der Waals surface area (Å²) in [5, 5.41) is 4.36. The number of furan rings is 2. The van der Waals surface area contributed by atoms with E-state index in [1.807, 2.05) is 12.1 Å². The molecule has 0 N–H and O–H groups in total. The van der Waals surface area contributed by atoms with E-state index in [9.17, 15) is 0 Å². The lowest BCUT2D eigenvalue weighted by Gasteiger charge is -2.35. The molecule has 356 valence electrons. The van der Waals surface area contributed by atoms with Gasteiger partial charge in [0.05, 0.1) is 16.5 Å². The van der Waals surface area contributed by atoms with Gasteiger partial charge in [0.2, 0.25) is 0 Å². The van der Waals surface area contributed by atoms with Gasteiger partial charge in [-0.25, -0.2) is 0 Å². The largest absolute Gasteiger partial charge is 0.456 e. The first-order valence-electron chi connectivity index (χ1n) is 26.1. The summed E-state index contributed by atoms with van der Waals surface area (Å²) < 4.78 is 13.1. The van der Waals surface area contributed by atoms with Crippen LogP contribution < -0.4 is 4.90 Å². The van der Waals surface area contributed by atoms with E-state index in [1.165, 1.54) is 55.6 Å².